The summed E-state index contributed by atoms with van der Waals surface area (Å²) in [6, 6.07) is 5.84. The van der Waals surface area contributed by atoms with Gasteiger partial charge < -0.3 is 4.90 Å². The van der Waals surface area contributed by atoms with E-state index in [0.29, 0.717) is 11.6 Å². The molecule has 1 aromatic heterocycles. The van der Waals surface area contributed by atoms with Crippen molar-refractivity contribution in [2.45, 2.75) is 13.5 Å². The molecule has 0 bridgehead atoms. The van der Waals surface area contributed by atoms with Gasteiger partial charge in [0.15, 0.2) is 5.82 Å². The second-order valence-electron chi connectivity index (χ2n) is 4.27. The van der Waals surface area contributed by atoms with Gasteiger partial charge in [-0.1, -0.05) is 12.1 Å². The molecule has 0 unspecified atom stereocenters. The van der Waals surface area contributed by atoms with Crippen LogP contribution in [-0.2, 0) is 6.54 Å². The molecule has 2 rings (SSSR count). The Morgan fingerprint density at radius 1 is 1.45 bits per heavy atom. The maximum atomic E-state index is 12.2. The first-order valence-electron chi connectivity index (χ1n) is 5.86. The largest absolute Gasteiger partial charge is 0.334 e. The number of hydrogen-bond donors (Lipinski definition) is 1. The summed E-state index contributed by atoms with van der Waals surface area (Å²) in [4.78, 5) is 28.0. The topological polar surface area (TPSA) is 105 Å². The molecular weight excluding hydrogens is 262 g/mol. The molecule has 1 aromatic carbocycles. The van der Waals surface area contributed by atoms with Crippen LogP contribution in [0.25, 0.3) is 0 Å². The molecule has 1 heterocycles. The van der Waals surface area contributed by atoms with Crippen LogP contribution in [0.1, 0.15) is 22.0 Å². The molecule has 0 fully saturated rings. The van der Waals surface area contributed by atoms with Gasteiger partial charge >= 0.3 is 0 Å². The predicted octanol–water partition coefficient (Wildman–Crippen LogP) is 1.29. The van der Waals surface area contributed by atoms with E-state index in [1.54, 1.807) is 20.0 Å². The summed E-state index contributed by atoms with van der Waals surface area (Å²) < 4.78 is 0. The maximum Gasteiger partial charge on any atom is 0.282 e. The van der Waals surface area contributed by atoms with Gasteiger partial charge in [0, 0.05) is 13.1 Å². The average molecular weight is 275 g/mol. The smallest absolute Gasteiger partial charge is 0.282 e. The van der Waals surface area contributed by atoms with Crippen LogP contribution in [0.2, 0.25) is 0 Å². The molecule has 0 atom stereocenters. The van der Waals surface area contributed by atoms with Crippen molar-refractivity contribution in [1.82, 2.24) is 20.1 Å². The molecule has 8 nitrogen and oxygen atoms in total. The number of amides is 1. The number of aromatic nitrogens is 3. The number of para-hydroxylation sites is 1. The van der Waals surface area contributed by atoms with E-state index in [9.17, 15) is 14.9 Å². The van der Waals surface area contributed by atoms with Crippen molar-refractivity contribution in [3.05, 3.63) is 51.6 Å². The van der Waals surface area contributed by atoms with E-state index in [1.807, 2.05) is 0 Å². The van der Waals surface area contributed by atoms with Gasteiger partial charge in [-0.25, -0.2) is 4.98 Å². The van der Waals surface area contributed by atoms with E-state index in [1.165, 1.54) is 23.1 Å². The molecule has 0 aliphatic heterocycles. The molecule has 0 saturated heterocycles. The van der Waals surface area contributed by atoms with Crippen molar-refractivity contribution in [1.29, 1.82) is 0 Å². The average Bonchev–Trinajstić information content (AvgIpc) is 2.83. The Morgan fingerprint density at radius 3 is 2.75 bits per heavy atom. The first-order valence-corrected chi connectivity index (χ1v) is 5.86. The summed E-state index contributed by atoms with van der Waals surface area (Å²) in [5.74, 6) is 0.656. The third-order valence-corrected chi connectivity index (χ3v) is 2.70. The summed E-state index contributed by atoms with van der Waals surface area (Å²) in [6.45, 7) is 1.93. The third kappa shape index (κ3) is 2.79. The summed E-state index contributed by atoms with van der Waals surface area (Å²) >= 11 is 0. The number of nitrogens with zero attached hydrogens (tertiary/aromatic N) is 4. The zero-order chi connectivity index (χ0) is 14.7. The van der Waals surface area contributed by atoms with Gasteiger partial charge in [-0.05, 0) is 13.0 Å². The van der Waals surface area contributed by atoms with Crippen LogP contribution < -0.4 is 0 Å². The first kappa shape index (κ1) is 13.7. The number of carbonyl (C=O) groups excluding carboxylic acids is 1. The van der Waals surface area contributed by atoms with Crippen LogP contribution in [-0.4, -0.2) is 38.0 Å². The molecule has 0 spiro atoms. The number of benzene rings is 1. The number of carbonyl (C=O) groups is 1. The minimum Gasteiger partial charge on any atom is -0.334 e. The second kappa shape index (κ2) is 5.47. The lowest BCUT2D eigenvalue weighted by molar-refractivity contribution is -0.385. The number of H-pyrrole nitrogens is 1. The highest BCUT2D eigenvalue weighted by Gasteiger charge is 2.22. The van der Waals surface area contributed by atoms with Crippen LogP contribution in [0.4, 0.5) is 5.69 Å². The van der Waals surface area contributed by atoms with Crippen LogP contribution in [0, 0.1) is 17.0 Å². The normalized spacial score (nSPS) is 10.3. The van der Waals surface area contributed by atoms with E-state index in [0.717, 1.165) is 0 Å². The molecule has 0 aliphatic rings. The van der Waals surface area contributed by atoms with E-state index < -0.39 is 10.8 Å². The monoisotopic (exact) mass is 275 g/mol. The van der Waals surface area contributed by atoms with Gasteiger partial charge in [0.25, 0.3) is 11.6 Å². The minimum atomic E-state index is -0.571. The predicted molar refractivity (Wildman–Crippen MR) is 70.0 cm³/mol. The molecule has 20 heavy (non-hydrogen) atoms. The van der Waals surface area contributed by atoms with E-state index in [-0.39, 0.29) is 17.8 Å². The highest BCUT2D eigenvalue weighted by molar-refractivity contribution is 5.97. The van der Waals surface area contributed by atoms with Gasteiger partial charge in [0.1, 0.15) is 11.4 Å². The lowest BCUT2D eigenvalue weighted by Gasteiger charge is -2.15. The molecule has 0 aliphatic carbocycles. The zero-order valence-corrected chi connectivity index (χ0v) is 11.0. The Bertz CT molecular complexity index is 652. The van der Waals surface area contributed by atoms with Crippen molar-refractivity contribution in [3.8, 4) is 0 Å². The van der Waals surface area contributed by atoms with Crippen LogP contribution in [0.5, 0.6) is 0 Å². The quantitative estimate of drug-likeness (QED) is 0.668. The van der Waals surface area contributed by atoms with Gasteiger partial charge in [-0.2, -0.15) is 5.10 Å². The summed E-state index contributed by atoms with van der Waals surface area (Å²) in [6.07, 6.45) is 0. The van der Waals surface area contributed by atoms with Gasteiger partial charge in [-0.15, -0.1) is 0 Å². The molecule has 1 N–H and O–H groups in total. The lowest BCUT2D eigenvalue weighted by atomic mass is 10.1. The Hall–Kier alpha value is -2.77. The van der Waals surface area contributed by atoms with Crippen molar-refractivity contribution >= 4 is 11.6 Å². The van der Waals surface area contributed by atoms with Crippen LogP contribution in [0.3, 0.4) is 0 Å². The van der Waals surface area contributed by atoms with Crippen LogP contribution >= 0.6 is 0 Å². The van der Waals surface area contributed by atoms with Crippen molar-refractivity contribution in [2.24, 2.45) is 0 Å². The van der Waals surface area contributed by atoms with Gasteiger partial charge in [0.2, 0.25) is 0 Å². The fourth-order valence-electron chi connectivity index (χ4n) is 1.76. The fourth-order valence-corrected chi connectivity index (χ4v) is 1.76. The standard InChI is InChI=1S/C12H13N5O3/c1-8-13-11(15-14-8)7-16(2)12(18)9-5-3-4-6-10(9)17(19)20/h3-6H,7H2,1-2H3,(H,13,14,15). The van der Waals surface area contributed by atoms with Gasteiger partial charge in [-0.3, -0.25) is 20.0 Å². The Morgan fingerprint density at radius 2 is 2.15 bits per heavy atom. The molecule has 0 radical (unpaired) electrons. The zero-order valence-electron chi connectivity index (χ0n) is 11.0. The molecule has 2 aromatic rings. The summed E-state index contributed by atoms with van der Waals surface area (Å²) in [7, 11) is 1.55. The van der Waals surface area contributed by atoms with E-state index >= 15 is 0 Å². The molecular formula is C12H13N5O3. The second-order valence-corrected chi connectivity index (χ2v) is 4.27. The van der Waals surface area contributed by atoms with E-state index in [2.05, 4.69) is 15.2 Å². The van der Waals surface area contributed by atoms with Crippen LogP contribution in [0.15, 0.2) is 24.3 Å². The Balaban J connectivity index is 2.20. The highest BCUT2D eigenvalue weighted by Crippen LogP contribution is 2.19. The van der Waals surface area contributed by atoms with Crippen molar-refractivity contribution in [3.63, 3.8) is 0 Å². The summed E-state index contributed by atoms with van der Waals surface area (Å²) in [5.41, 5.74) is -0.164. The molecule has 0 saturated carbocycles. The third-order valence-electron chi connectivity index (χ3n) is 2.70. The number of nitro groups is 1. The molecule has 8 heteroatoms. The van der Waals surface area contributed by atoms with Gasteiger partial charge in [0.05, 0.1) is 11.5 Å². The number of nitrogens with one attached hydrogen (secondary N) is 1. The molecule has 1 amide bonds. The summed E-state index contributed by atoms with van der Waals surface area (Å²) in [5, 5.41) is 17.5. The maximum absolute atomic E-state index is 12.2. The fraction of sp³-hybridized carbons (Fsp3) is 0.250. The number of rotatable bonds is 4. The van der Waals surface area contributed by atoms with Crippen molar-refractivity contribution < 1.29 is 9.72 Å². The number of aromatic amines is 1. The number of aryl methyl sites for hydroxylation is 1. The first-order chi connectivity index (χ1) is 9.49. The number of nitro benzene ring substituents is 1. The Kier molecular flexibility index (Phi) is 3.74. The van der Waals surface area contributed by atoms with E-state index in [4.69, 9.17) is 0 Å². The van der Waals surface area contributed by atoms with Crippen molar-refractivity contribution in [2.75, 3.05) is 7.05 Å². The Labute approximate surface area is 114 Å². The highest BCUT2D eigenvalue weighted by atomic mass is 16.6. The minimum absolute atomic E-state index is 0.0484. The number of hydrogen-bond acceptors (Lipinski definition) is 5. The SMILES string of the molecule is Cc1nc(CN(C)C(=O)c2ccccc2[N+](=O)[O-])n[nH]1. The lowest BCUT2D eigenvalue weighted by Crippen LogP contribution is -2.27. The molecule has 104 valence electrons.